The van der Waals surface area contributed by atoms with Gasteiger partial charge in [0, 0.05) is 0 Å². The van der Waals surface area contributed by atoms with Gasteiger partial charge in [0.2, 0.25) is 0 Å². The highest BCUT2D eigenvalue weighted by molar-refractivity contribution is 6.23. The summed E-state index contributed by atoms with van der Waals surface area (Å²) in [5.74, 6) is 0. The van der Waals surface area contributed by atoms with Crippen molar-refractivity contribution < 1.29 is 0 Å². The topological polar surface area (TPSA) is 0 Å². The Bertz CT molecular complexity index is 2990. The van der Waals surface area contributed by atoms with Crippen LogP contribution < -0.4 is 0 Å². The van der Waals surface area contributed by atoms with Crippen molar-refractivity contribution >= 4 is 53.9 Å². The van der Waals surface area contributed by atoms with Gasteiger partial charge in [0.25, 0.3) is 0 Å². The van der Waals surface area contributed by atoms with Crippen LogP contribution in [0.15, 0.2) is 188 Å². The molecule has 0 atom stereocenters. The highest BCUT2D eigenvalue weighted by Crippen LogP contribution is 2.47. The zero-order valence-corrected chi connectivity index (χ0v) is 30.9. The third kappa shape index (κ3) is 5.13. The highest BCUT2D eigenvalue weighted by atomic mass is 14.3. The lowest BCUT2D eigenvalue weighted by molar-refractivity contribution is 0.601. The first-order valence-electron chi connectivity index (χ1n) is 19.0. The zero-order chi connectivity index (χ0) is 36.4. The van der Waals surface area contributed by atoms with Crippen LogP contribution in [-0.2, 0) is 5.41 Å². The van der Waals surface area contributed by atoms with Crippen molar-refractivity contribution in [2.45, 2.75) is 26.2 Å². The molecule has 0 unspecified atom stereocenters. The summed E-state index contributed by atoms with van der Waals surface area (Å²) < 4.78 is 0. The summed E-state index contributed by atoms with van der Waals surface area (Å²) in [6.45, 7) is 7.04. The second-order valence-corrected chi connectivity index (χ2v) is 15.6. The summed E-state index contributed by atoms with van der Waals surface area (Å²) >= 11 is 0. The molecule has 0 fully saturated rings. The van der Waals surface area contributed by atoms with Gasteiger partial charge in [0.1, 0.15) is 0 Å². The predicted octanol–water partition coefficient (Wildman–Crippen LogP) is 15.4. The summed E-state index contributed by atoms with van der Waals surface area (Å²) in [5.41, 5.74) is 11.4. The van der Waals surface area contributed by atoms with E-state index in [4.69, 9.17) is 0 Å². The average molecular weight is 689 g/mol. The van der Waals surface area contributed by atoms with E-state index >= 15 is 0 Å². The van der Waals surface area contributed by atoms with Crippen molar-refractivity contribution in [3.05, 3.63) is 194 Å². The maximum atomic E-state index is 2.44. The van der Waals surface area contributed by atoms with Crippen LogP contribution in [-0.4, -0.2) is 0 Å². The Morgan fingerprint density at radius 2 is 0.704 bits per heavy atom. The highest BCUT2D eigenvalue weighted by Gasteiger charge is 2.24. The smallest absolute Gasteiger partial charge is 0.00201 e. The second kappa shape index (κ2) is 12.6. The molecular formula is C54H40. The Morgan fingerprint density at radius 1 is 0.278 bits per heavy atom. The van der Waals surface area contributed by atoms with E-state index in [1.165, 1.54) is 104 Å². The van der Waals surface area contributed by atoms with E-state index < -0.39 is 0 Å². The first-order chi connectivity index (χ1) is 26.5. The molecule has 0 spiro atoms. The molecular weight excluding hydrogens is 649 g/mol. The maximum absolute atomic E-state index is 2.44. The minimum Gasteiger partial charge on any atom is -0.0622 e. The molecule has 256 valence electrons. The number of fused-ring (bicyclic) bond motifs is 5. The van der Waals surface area contributed by atoms with Crippen LogP contribution in [0.25, 0.3) is 98.4 Å². The third-order valence-corrected chi connectivity index (χ3v) is 11.3. The van der Waals surface area contributed by atoms with Gasteiger partial charge in [-0.15, -0.1) is 0 Å². The van der Waals surface area contributed by atoms with Crippen LogP contribution >= 0.6 is 0 Å². The molecule has 0 aromatic heterocycles. The monoisotopic (exact) mass is 688 g/mol. The van der Waals surface area contributed by atoms with Gasteiger partial charge in [-0.1, -0.05) is 203 Å². The molecule has 0 bridgehead atoms. The molecule has 0 aliphatic rings. The van der Waals surface area contributed by atoms with E-state index in [0.717, 1.165) is 0 Å². The van der Waals surface area contributed by atoms with Crippen molar-refractivity contribution in [2.75, 3.05) is 0 Å². The normalized spacial score (nSPS) is 12.0. The Hall–Kier alpha value is -6.50. The van der Waals surface area contributed by atoms with Gasteiger partial charge in [-0.25, -0.2) is 0 Å². The summed E-state index contributed by atoms with van der Waals surface area (Å²) in [7, 11) is 0. The fraction of sp³-hybridized carbons (Fsp3) is 0.0741. The Labute approximate surface area is 317 Å². The van der Waals surface area contributed by atoms with E-state index in [1.54, 1.807) is 0 Å². The van der Waals surface area contributed by atoms with E-state index in [-0.39, 0.29) is 5.41 Å². The van der Waals surface area contributed by atoms with Crippen LogP contribution in [0.2, 0.25) is 0 Å². The van der Waals surface area contributed by atoms with Crippen molar-refractivity contribution in [2.24, 2.45) is 0 Å². The zero-order valence-electron chi connectivity index (χ0n) is 30.9. The molecule has 0 heteroatoms. The standard InChI is InChI=1S/C54H40/c1-54(2,3)53-48-26-14-13-25-46(48)50(37-17-5-4-6-18-37)47-33-32-39(34-49(47)53)35-28-30-38(31-29-35)51-42-21-9-11-23-44(42)52(45-24-12-10-22-43(45)51)41-27-15-19-36-16-7-8-20-40(36)41/h4-34H,1-3H3. The average Bonchev–Trinajstić information content (AvgIpc) is 3.21. The van der Waals surface area contributed by atoms with Crippen LogP contribution in [0, 0.1) is 0 Å². The third-order valence-electron chi connectivity index (χ3n) is 11.3. The molecule has 0 radical (unpaired) electrons. The first kappa shape index (κ1) is 32.2. The molecule has 0 nitrogen and oxygen atoms in total. The minimum atomic E-state index is -0.0458. The lowest BCUT2D eigenvalue weighted by Gasteiger charge is -2.26. The largest absolute Gasteiger partial charge is 0.0622 e. The number of rotatable bonds is 4. The number of hydrogen-bond donors (Lipinski definition) is 0. The SMILES string of the molecule is CC(C)(C)c1c2ccccc2c(-c2ccccc2)c2ccc(-c3ccc(-c4c5ccccc5c(-c5cccc6ccccc56)c5ccccc45)cc3)cc12. The van der Waals surface area contributed by atoms with Gasteiger partial charge in [-0.05, 0) is 115 Å². The molecule has 0 N–H and O–H groups in total. The summed E-state index contributed by atoms with van der Waals surface area (Å²) in [5, 5.41) is 12.9. The van der Waals surface area contributed by atoms with Gasteiger partial charge in [0.05, 0.1) is 0 Å². The van der Waals surface area contributed by atoms with E-state index in [0.29, 0.717) is 0 Å². The molecule has 0 aliphatic heterocycles. The molecule has 54 heavy (non-hydrogen) atoms. The fourth-order valence-corrected chi connectivity index (χ4v) is 9.08. The quantitative estimate of drug-likeness (QED) is 0.161. The molecule has 0 amide bonds. The predicted molar refractivity (Wildman–Crippen MR) is 234 cm³/mol. The van der Waals surface area contributed by atoms with Gasteiger partial charge in [-0.2, -0.15) is 0 Å². The second-order valence-electron chi connectivity index (χ2n) is 15.6. The Morgan fingerprint density at radius 3 is 1.31 bits per heavy atom. The van der Waals surface area contributed by atoms with Gasteiger partial charge in [0.15, 0.2) is 0 Å². The van der Waals surface area contributed by atoms with Crippen LogP contribution in [0.4, 0.5) is 0 Å². The van der Waals surface area contributed by atoms with Crippen molar-refractivity contribution in [3.63, 3.8) is 0 Å². The lowest BCUT2D eigenvalue weighted by atomic mass is 9.77. The fourth-order valence-electron chi connectivity index (χ4n) is 9.08. The van der Waals surface area contributed by atoms with Crippen LogP contribution in [0.1, 0.15) is 26.3 Å². The maximum Gasteiger partial charge on any atom is -0.00201 e. The molecule has 0 saturated carbocycles. The van der Waals surface area contributed by atoms with E-state index in [2.05, 4.69) is 209 Å². The van der Waals surface area contributed by atoms with Gasteiger partial charge >= 0.3 is 0 Å². The van der Waals surface area contributed by atoms with Gasteiger partial charge < -0.3 is 0 Å². The summed E-state index contributed by atoms with van der Waals surface area (Å²) in [6.07, 6.45) is 0. The van der Waals surface area contributed by atoms with Crippen molar-refractivity contribution in [1.82, 2.24) is 0 Å². The minimum absolute atomic E-state index is 0.0458. The Balaban J connectivity index is 1.16. The molecule has 10 aromatic rings. The van der Waals surface area contributed by atoms with E-state index in [9.17, 15) is 0 Å². The molecule has 10 aromatic carbocycles. The summed E-state index contributed by atoms with van der Waals surface area (Å²) in [6, 6.07) is 69.5. The van der Waals surface area contributed by atoms with Crippen molar-refractivity contribution in [3.8, 4) is 44.5 Å². The number of benzene rings is 10. The number of hydrogen-bond acceptors (Lipinski definition) is 0. The summed E-state index contributed by atoms with van der Waals surface area (Å²) in [4.78, 5) is 0. The van der Waals surface area contributed by atoms with E-state index in [1.807, 2.05) is 0 Å². The lowest BCUT2D eigenvalue weighted by Crippen LogP contribution is -2.13. The van der Waals surface area contributed by atoms with Crippen molar-refractivity contribution in [1.29, 1.82) is 0 Å². The molecule has 0 heterocycles. The molecule has 0 aliphatic carbocycles. The Kier molecular flexibility index (Phi) is 7.49. The molecule has 10 rings (SSSR count). The molecule has 0 saturated heterocycles. The van der Waals surface area contributed by atoms with Crippen LogP contribution in [0.3, 0.4) is 0 Å². The first-order valence-corrected chi connectivity index (χ1v) is 19.0. The van der Waals surface area contributed by atoms with Crippen LogP contribution in [0.5, 0.6) is 0 Å². The van der Waals surface area contributed by atoms with Gasteiger partial charge in [-0.3, -0.25) is 0 Å².